The maximum Gasteiger partial charge on any atom is 0.0102 e. The van der Waals surface area contributed by atoms with Gasteiger partial charge in [0.25, 0.3) is 0 Å². The summed E-state index contributed by atoms with van der Waals surface area (Å²) in [6.07, 6.45) is 2.55. The van der Waals surface area contributed by atoms with Crippen molar-refractivity contribution < 1.29 is 0 Å². The Hall–Kier alpha value is -1.60. The first-order chi connectivity index (χ1) is 9.39. The molecule has 1 aliphatic heterocycles. The number of hydrogen-bond acceptors (Lipinski definition) is 1. The summed E-state index contributed by atoms with van der Waals surface area (Å²) in [5.41, 5.74) is 5.00. The quantitative estimate of drug-likeness (QED) is 0.816. The van der Waals surface area contributed by atoms with Crippen LogP contribution < -0.4 is 5.32 Å². The molecule has 2 atom stereocenters. The minimum Gasteiger partial charge on any atom is -0.316 e. The number of benzene rings is 2. The summed E-state index contributed by atoms with van der Waals surface area (Å²) >= 11 is 0. The third kappa shape index (κ3) is 1.65. The fourth-order valence-electron chi connectivity index (χ4n) is 4.03. The zero-order valence-electron chi connectivity index (χ0n) is 11.1. The summed E-state index contributed by atoms with van der Waals surface area (Å²) in [6.45, 7) is 2.31. The summed E-state index contributed by atoms with van der Waals surface area (Å²) in [5, 5.41) is 3.57. The topological polar surface area (TPSA) is 12.0 Å². The molecule has 1 saturated heterocycles. The zero-order chi connectivity index (χ0) is 12.7. The molecule has 2 unspecified atom stereocenters. The van der Waals surface area contributed by atoms with E-state index < -0.39 is 0 Å². The molecule has 2 aliphatic rings. The summed E-state index contributed by atoms with van der Waals surface area (Å²) in [4.78, 5) is 0. The van der Waals surface area contributed by atoms with Crippen molar-refractivity contribution in [1.29, 1.82) is 0 Å². The largest absolute Gasteiger partial charge is 0.316 e. The molecule has 1 spiro atoms. The number of hydrogen-bond donors (Lipinski definition) is 1. The van der Waals surface area contributed by atoms with Crippen LogP contribution in [0.4, 0.5) is 0 Å². The van der Waals surface area contributed by atoms with Crippen molar-refractivity contribution >= 4 is 0 Å². The first-order valence-corrected chi connectivity index (χ1v) is 7.24. The van der Waals surface area contributed by atoms with Gasteiger partial charge in [-0.25, -0.2) is 0 Å². The predicted octanol–water partition coefficient (Wildman–Crippen LogP) is 3.45. The zero-order valence-corrected chi connectivity index (χ0v) is 11.1. The molecular formula is C18H19N. The highest BCUT2D eigenvalue weighted by Gasteiger charge is 2.45. The lowest BCUT2D eigenvalue weighted by Gasteiger charge is -2.23. The smallest absolute Gasteiger partial charge is 0.0102 e. The number of fused-ring (bicyclic) bond motifs is 2. The third-order valence-corrected chi connectivity index (χ3v) is 4.95. The molecule has 1 nitrogen and oxygen atoms in total. The van der Waals surface area contributed by atoms with E-state index in [1.54, 1.807) is 11.1 Å². The van der Waals surface area contributed by atoms with Crippen molar-refractivity contribution in [1.82, 2.24) is 5.32 Å². The minimum atomic E-state index is 0.386. The molecule has 1 heteroatoms. The molecular weight excluding hydrogens is 230 g/mol. The fraction of sp³-hybridized carbons (Fsp3) is 0.333. The second-order valence-electron chi connectivity index (χ2n) is 5.96. The first-order valence-electron chi connectivity index (χ1n) is 7.24. The molecule has 1 aliphatic carbocycles. The molecule has 96 valence electrons. The van der Waals surface area contributed by atoms with Gasteiger partial charge in [0.2, 0.25) is 0 Å². The molecule has 2 aromatic carbocycles. The number of nitrogens with one attached hydrogen (secondary N) is 1. The van der Waals surface area contributed by atoms with Crippen molar-refractivity contribution in [2.45, 2.75) is 24.2 Å². The van der Waals surface area contributed by atoms with Crippen LogP contribution in [0.5, 0.6) is 0 Å². The van der Waals surface area contributed by atoms with Gasteiger partial charge < -0.3 is 5.32 Å². The summed E-state index contributed by atoms with van der Waals surface area (Å²) in [7, 11) is 0. The van der Waals surface area contributed by atoms with Crippen molar-refractivity contribution in [2.75, 3.05) is 13.1 Å². The highest BCUT2D eigenvalue weighted by atomic mass is 14.9. The van der Waals surface area contributed by atoms with Crippen LogP contribution >= 0.6 is 0 Å². The van der Waals surface area contributed by atoms with E-state index in [0.717, 1.165) is 13.1 Å². The van der Waals surface area contributed by atoms with E-state index in [2.05, 4.69) is 59.9 Å². The average Bonchev–Trinajstić information content (AvgIpc) is 3.08. The number of rotatable bonds is 1. The molecule has 0 saturated carbocycles. The second kappa shape index (κ2) is 4.21. The Kier molecular flexibility index (Phi) is 2.49. The maximum absolute atomic E-state index is 3.57. The molecule has 1 fully saturated rings. The van der Waals surface area contributed by atoms with Gasteiger partial charge in [-0.05, 0) is 36.1 Å². The van der Waals surface area contributed by atoms with Gasteiger partial charge in [0, 0.05) is 17.9 Å². The Bertz CT molecular complexity index is 582. The van der Waals surface area contributed by atoms with Crippen LogP contribution in [0, 0.1) is 0 Å². The van der Waals surface area contributed by atoms with Crippen LogP contribution in [-0.4, -0.2) is 13.1 Å². The fourth-order valence-corrected chi connectivity index (χ4v) is 4.03. The molecule has 0 aromatic heterocycles. The lowest BCUT2D eigenvalue weighted by Crippen LogP contribution is -2.26. The van der Waals surface area contributed by atoms with Gasteiger partial charge in [-0.3, -0.25) is 0 Å². The molecule has 19 heavy (non-hydrogen) atoms. The molecule has 0 radical (unpaired) electrons. The highest BCUT2D eigenvalue weighted by molar-refractivity contribution is 5.48. The van der Waals surface area contributed by atoms with Crippen molar-refractivity contribution in [3.05, 3.63) is 71.3 Å². The van der Waals surface area contributed by atoms with E-state index in [-0.39, 0.29) is 0 Å². The summed E-state index contributed by atoms with van der Waals surface area (Å²) in [5.74, 6) is 0.581. The lowest BCUT2D eigenvalue weighted by molar-refractivity contribution is 0.451. The van der Waals surface area contributed by atoms with Crippen LogP contribution in [-0.2, 0) is 5.41 Å². The van der Waals surface area contributed by atoms with Crippen LogP contribution in [0.3, 0.4) is 0 Å². The van der Waals surface area contributed by atoms with E-state index in [9.17, 15) is 0 Å². The van der Waals surface area contributed by atoms with Gasteiger partial charge in [0.1, 0.15) is 0 Å². The normalized spacial score (nSPS) is 28.7. The van der Waals surface area contributed by atoms with Gasteiger partial charge in [0.05, 0.1) is 0 Å². The Morgan fingerprint density at radius 3 is 2.53 bits per heavy atom. The monoisotopic (exact) mass is 249 g/mol. The van der Waals surface area contributed by atoms with Gasteiger partial charge in [-0.15, -0.1) is 0 Å². The molecule has 0 amide bonds. The van der Waals surface area contributed by atoms with Gasteiger partial charge in [-0.2, -0.15) is 0 Å². The third-order valence-electron chi connectivity index (χ3n) is 4.95. The van der Waals surface area contributed by atoms with E-state index in [0.29, 0.717) is 11.3 Å². The Labute approximate surface area is 114 Å². The van der Waals surface area contributed by atoms with Gasteiger partial charge in [-0.1, -0.05) is 54.6 Å². The Morgan fingerprint density at radius 1 is 0.947 bits per heavy atom. The van der Waals surface area contributed by atoms with E-state index in [4.69, 9.17) is 0 Å². The second-order valence-corrected chi connectivity index (χ2v) is 5.96. The van der Waals surface area contributed by atoms with Crippen LogP contribution in [0.25, 0.3) is 0 Å². The molecule has 2 aromatic rings. The van der Waals surface area contributed by atoms with Crippen molar-refractivity contribution in [3.8, 4) is 0 Å². The SMILES string of the molecule is c1ccc(C2CC3(CCNC3)c3ccccc32)cc1. The molecule has 1 heterocycles. The van der Waals surface area contributed by atoms with Crippen molar-refractivity contribution in [3.63, 3.8) is 0 Å². The van der Waals surface area contributed by atoms with Crippen LogP contribution in [0.15, 0.2) is 54.6 Å². The van der Waals surface area contributed by atoms with Gasteiger partial charge in [0.15, 0.2) is 0 Å². The Balaban J connectivity index is 1.84. The first kappa shape index (κ1) is 11.2. The molecule has 4 rings (SSSR count). The van der Waals surface area contributed by atoms with E-state index in [1.807, 2.05) is 0 Å². The molecule has 1 N–H and O–H groups in total. The van der Waals surface area contributed by atoms with Gasteiger partial charge >= 0.3 is 0 Å². The average molecular weight is 249 g/mol. The van der Waals surface area contributed by atoms with Crippen molar-refractivity contribution in [2.24, 2.45) is 0 Å². The maximum atomic E-state index is 3.57. The Morgan fingerprint density at radius 2 is 1.74 bits per heavy atom. The highest BCUT2D eigenvalue weighted by Crippen LogP contribution is 2.51. The lowest BCUT2D eigenvalue weighted by atomic mass is 9.80. The summed E-state index contributed by atoms with van der Waals surface area (Å²) in [6, 6.07) is 20.1. The van der Waals surface area contributed by atoms with Crippen LogP contribution in [0.2, 0.25) is 0 Å². The standard InChI is InChI=1S/C18H19N/c1-2-6-14(7-3-1)16-12-18(10-11-19-13-18)17-9-5-4-8-15(16)17/h1-9,16,19H,10-13H2. The predicted molar refractivity (Wildman–Crippen MR) is 78.5 cm³/mol. The molecule has 0 bridgehead atoms. The van der Waals surface area contributed by atoms with E-state index >= 15 is 0 Å². The van der Waals surface area contributed by atoms with Crippen LogP contribution in [0.1, 0.15) is 35.4 Å². The van der Waals surface area contributed by atoms with E-state index in [1.165, 1.54) is 18.4 Å². The minimum absolute atomic E-state index is 0.386. The summed E-state index contributed by atoms with van der Waals surface area (Å²) < 4.78 is 0.